The van der Waals surface area contributed by atoms with Crippen molar-refractivity contribution in [3.05, 3.63) is 11.6 Å². The average Bonchev–Trinajstić information content (AvgIpc) is 2.90. The van der Waals surface area contributed by atoms with Gasteiger partial charge >= 0.3 is 17.9 Å². The minimum absolute atomic E-state index is 0.0713. The Morgan fingerprint density at radius 2 is 1.51 bits per heavy atom. The Hall–Kier alpha value is -2.18. The zero-order valence-electron chi connectivity index (χ0n) is 26.6. The smallest absolute Gasteiger partial charge is 0.316 e. The fourth-order valence-electron chi connectivity index (χ4n) is 11.6. The summed E-state index contributed by atoms with van der Waals surface area (Å²) in [7, 11) is 2.91. The molecule has 0 aromatic rings. The van der Waals surface area contributed by atoms with E-state index >= 15 is 0 Å². The van der Waals surface area contributed by atoms with Crippen LogP contribution in [0.25, 0.3) is 0 Å². The van der Waals surface area contributed by atoms with Gasteiger partial charge in [-0.3, -0.25) is 19.2 Å². The highest BCUT2D eigenvalue weighted by Crippen LogP contribution is 2.75. The number of allylic oxidation sites excluding steroid dienone is 1. The first kappa shape index (κ1) is 30.3. The first-order chi connectivity index (χ1) is 19.1. The van der Waals surface area contributed by atoms with Gasteiger partial charge in [0, 0.05) is 24.2 Å². The molecule has 0 radical (unpaired) electrons. The lowest BCUT2D eigenvalue weighted by Crippen LogP contribution is -2.70. The molecular weight excluding hydrogens is 520 g/mol. The summed E-state index contributed by atoms with van der Waals surface area (Å²) in [6.07, 6.45) is 7.16. The number of methoxy groups -OCH3 is 2. The molecule has 41 heavy (non-hydrogen) atoms. The fraction of sp³-hybridized carbons (Fsp3) is 0.824. The number of hydrogen-bond donors (Lipinski definition) is 0. The van der Waals surface area contributed by atoms with Gasteiger partial charge in [0.25, 0.3) is 0 Å². The number of carbonyl (C=O) groups excluding carboxylic acids is 4. The summed E-state index contributed by atoms with van der Waals surface area (Å²) in [5.74, 6) is -0.733. The van der Waals surface area contributed by atoms with Crippen LogP contribution in [-0.4, -0.2) is 44.0 Å². The second kappa shape index (κ2) is 9.67. The van der Waals surface area contributed by atoms with Gasteiger partial charge in [0.05, 0.1) is 25.0 Å². The van der Waals surface area contributed by atoms with Crippen molar-refractivity contribution in [3.8, 4) is 0 Å². The molecule has 0 spiro atoms. The number of esters is 3. The largest absolute Gasteiger partial charge is 0.469 e. The zero-order chi connectivity index (χ0) is 30.3. The molecule has 0 aromatic carbocycles. The molecule has 0 aliphatic heterocycles. The Balaban J connectivity index is 1.70. The van der Waals surface area contributed by atoms with E-state index in [1.165, 1.54) is 21.1 Å². The molecule has 4 saturated carbocycles. The fourth-order valence-corrected chi connectivity index (χ4v) is 11.6. The quantitative estimate of drug-likeness (QED) is 0.300. The van der Waals surface area contributed by atoms with Gasteiger partial charge in [0.15, 0.2) is 5.78 Å². The lowest BCUT2D eigenvalue weighted by atomic mass is 9.32. The van der Waals surface area contributed by atoms with Crippen LogP contribution in [0.2, 0.25) is 0 Å². The Labute approximate surface area is 245 Å². The van der Waals surface area contributed by atoms with E-state index in [4.69, 9.17) is 14.2 Å². The Morgan fingerprint density at radius 1 is 0.854 bits per heavy atom. The molecule has 0 N–H and O–H groups in total. The standard InChI is InChI=1S/C34H50O7/c1-19-10-15-33(28(37)39-8)16-17-34(29(38)40-9)22(26(33)20(19)2)18-23(36)27-31(6)13-12-25(41-21(3)35)30(4,5)24(31)11-14-32(27,34)7/h18-20,24-27H,10-17H2,1-9H3/t19-,20-,24-,25-,26+,27+,31+,32-,33-,34-/m0/s1. The molecule has 7 nitrogen and oxygen atoms in total. The van der Waals surface area contributed by atoms with Crippen molar-refractivity contribution < 1.29 is 33.4 Å². The summed E-state index contributed by atoms with van der Waals surface area (Å²) in [4.78, 5) is 54.5. The molecule has 0 amide bonds. The van der Waals surface area contributed by atoms with E-state index in [1.54, 1.807) is 6.08 Å². The number of ketones is 1. The SMILES string of the molecule is COC(=O)[C@]12CC[C@H](C)[C@H](C)[C@@H]1C1=CC(=O)[C@@H]3[C@]4(C)CC[C@H](OC(C)=O)C(C)(C)[C@@H]4CC[C@]3(C)[C@@]1(C(=O)OC)CC2. The average molecular weight is 571 g/mol. The third-order valence-corrected chi connectivity index (χ3v) is 13.5. The monoisotopic (exact) mass is 570 g/mol. The van der Waals surface area contributed by atoms with Crippen molar-refractivity contribution >= 4 is 23.7 Å². The Morgan fingerprint density at radius 3 is 2.12 bits per heavy atom. The first-order valence-corrected chi connectivity index (χ1v) is 15.7. The molecule has 4 fully saturated rings. The lowest BCUT2D eigenvalue weighted by Gasteiger charge is -2.70. The highest BCUT2D eigenvalue weighted by molar-refractivity contribution is 6.00. The van der Waals surface area contributed by atoms with Crippen LogP contribution in [0.5, 0.6) is 0 Å². The van der Waals surface area contributed by atoms with Gasteiger partial charge in [0.1, 0.15) is 6.10 Å². The molecule has 7 heteroatoms. The van der Waals surface area contributed by atoms with Crippen LogP contribution in [0.4, 0.5) is 0 Å². The van der Waals surface area contributed by atoms with Gasteiger partial charge in [0.2, 0.25) is 0 Å². The van der Waals surface area contributed by atoms with Crippen LogP contribution >= 0.6 is 0 Å². The van der Waals surface area contributed by atoms with E-state index in [2.05, 4.69) is 41.5 Å². The molecular formula is C34H50O7. The normalized spacial score (nSPS) is 46.5. The minimum atomic E-state index is -0.987. The Bertz CT molecular complexity index is 1190. The maximum absolute atomic E-state index is 14.6. The molecule has 0 aromatic heterocycles. The zero-order valence-corrected chi connectivity index (χ0v) is 26.6. The maximum atomic E-state index is 14.6. The minimum Gasteiger partial charge on any atom is -0.469 e. The number of rotatable bonds is 3. The third-order valence-electron chi connectivity index (χ3n) is 13.5. The second-order valence-electron chi connectivity index (χ2n) is 15.3. The van der Waals surface area contributed by atoms with Crippen molar-refractivity contribution in [2.24, 2.45) is 56.7 Å². The molecule has 0 heterocycles. The van der Waals surface area contributed by atoms with Gasteiger partial charge in [-0.25, -0.2) is 0 Å². The first-order valence-electron chi connectivity index (χ1n) is 15.7. The van der Waals surface area contributed by atoms with Crippen LogP contribution in [0.3, 0.4) is 0 Å². The van der Waals surface area contributed by atoms with Crippen molar-refractivity contribution in [1.29, 1.82) is 0 Å². The molecule has 0 saturated heterocycles. The summed E-state index contributed by atoms with van der Waals surface area (Å²) < 4.78 is 16.9. The molecule has 0 unspecified atom stereocenters. The van der Waals surface area contributed by atoms with Crippen LogP contribution in [-0.2, 0) is 33.4 Å². The van der Waals surface area contributed by atoms with Crippen LogP contribution in [0.15, 0.2) is 11.6 Å². The van der Waals surface area contributed by atoms with Crippen molar-refractivity contribution in [2.75, 3.05) is 14.2 Å². The molecule has 5 rings (SSSR count). The third kappa shape index (κ3) is 3.75. The molecule has 10 atom stereocenters. The van der Waals surface area contributed by atoms with Crippen LogP contribution < -0.4 is 0 Å². The van der Waals surface area contributed by atoms with Gasteiger partial charge in [-0.05, 0) is 91.6 Å². The number of hydrogen-bond acceptors (Lipinski definition) is 7. The van der Waals surface area contributed by atoms with Gasteiger partial charge in [-0.2, -0.15) is 0 Å². The number of carbonyl (C=O) groups is 4. The van der Waals surface area contributed by atoms with E-state index < -0.39 is 16.2 Å². The van der Waals surface area contributed by atoms with E-state index in [-0.39, 0.29) is 64.3 Å². The topological polar surface area (TPSA) is 96.0 Å². The molecule has 0 bridgehead atoms. The molecule has 228 valence electrons. The van der Waals surface area contributed by atoms with Crippen molar-refractivity contribution in [3.63, 3.8) is 0 Å². The molecule has 5 aliphatic rings. The highest BCUT2D eigenvalue weighted by atomic mass is 16.5. The van der Waals surface area contributed by atoms with Crippen molar-refractivity contribution in [1.82, 2.24) is 0 Å². The van der Waals surface area contributed by atoms with E-state index in [1.807, 2.05) is 0 Å². The van der Waals surface area contributed by atoms with Crippen LogP contribution in [0, 0.1) is 56.7 Å². The highest BCUT2D eigenvalue weighted by Gasteiger charge is 2.75. The molecule has 5 aliphatic carbocycles. The lowest BCUT2D eigenvalue weighted by molar-refractivity contribution is -0.220. The number of fused-ring (bicyclic) bond motifs is 7. The predicted octanol–water partition coefficient (Wildman–Crippen LogP) is 6.08. The summed E-state index contributed by atoms with van der Waals surface area (Å²) in [5, 5.41) is 0. The number of ether oxygens (including phenoxy) is 3. The second-order valence-corrected chi connectivity index (χ2v) is 15.3. The predicted molar refractivity (Wildman–Crippen MR) is 153 cm³/mol. The van der Waals surface area contributed by atoms with Crippen LogP contribution in [0.1, 0.15) is 99.8 Å². The van der Waals surface area contributed by atoms with Gasteiger partial charge < -0.3 is 14.2 Å². The summed E-state index contributed by atoms with van der Waals surface area (Å²) in [5.41, 5.74) is -2.27. The van der Waals surface area contributed by atoms with E-state index in [0.29, 0.717) is 38.0 Å². The summed E-state index contributed by atoms with van der Waals surface area (Å²) in [6.45, 7) is 14.6. The van der Waals surface area contributed by atoms with Gasteiger partial charge in [-0.15, -0.1) is 0 Å². The van der Waals surface area contributed by atoms with Crippen molar-refractivity contribution in [2.45, 2.75) is 106 Å². The summed E-state index contributed by atoms with van der Waals surface area (Å²) >= 11 is 0. The Kier molecular flexibility index (Phi) is 7.14. The van der Waals surface area contributed by atoms with E-state index in [9.17, 15) is 19.2 Å². The van der Waals surface area contributed by atoms with E-state index in [0.717, 1.165) is 24.8 Å². The van der Waals surface area contributed by atoms with Gasteiger partial charge in [-0.1, -0.05) is 41.5 Å². The maximum Gasteiger partial charge on any atom is 0.316 e. The summed E-state index contributed by atoms with van der Waals surface area (Å²) in [6, 6.07) is 0.